The summed E-state index contributed by atoms with van der Waals surface area (Å²) in [5.74, 6) is 2.52. The van der Waals surface area contributed by atoms with E-state index in [1.54, 1.807) is 22.6 Å². The molecule has 10 nitrogen and oxygen atoms in total. The topological polar surface area (TPSA) is 115 Å². The third-order valence-electron chi connectivity index (χ3n) is 6.11. The number of thioether (sulfide) groups is 1. The first-order valence-corrected chi connectivity index (χ1v) is 12.8. The normalized spacial score (nSPS) is 13.6. The summed E-state index contributed by atoms with van der Waals surface area (Å²) in [6.45, 7) is 4.78. The molecule has 4 heterocycles. The van der Waals surface area contributed by atoms with Gasteiger partial charge in [0.2, 0.25) is 0 Å². The zero-order valence-corrected chi connectivity index (χ0v) is 22.0. The molecule has 0 saturated carbocycles. The number of halogens is 1. The lowest BCUT2D eigenvalue weighted by Gasteiger charge is -2.19. The van der Waals surface area contributed by atoms with Gasteiger partial charge in [-0.1, -0.05) is 40.7 Å². The van der Waals surface area contributed by atoms with Gasteiger partial charge in [-0.15, -0.1) is 10.2 Å². The molecule has 0 aliphatic carbocycles. The van der Waals surface area contributed by atoms with Crippen molar-refractivity contribution in [1.29, 1.82) is 0 Å². The molecule has 5 rings (SSSR count). The summed E-state index contributed by atoms with van der Waals surface area (Å²) >= 11 is 8.05. The summed E-state index contributed by atoms with van der Waals surface area (Å²) in [5.41, 5.74) is 5.67. The van der Waals surface area contributed by atoms with Crippen molar-refractivity contribution in [1.82, 2.24) is 34.6 Å². The average Bonchev–Trinajstić information content (AvgIpc) is 3.50. The molecule has 0 unspecified atom stereocenters. The van der Waals surface area contributed by atoms with Crippen molar-refractivity contribution in [2.75, 3.05) is 25.4 Å². The fraction of sp³-hybridized carbons (Fsp3) is 0.375. The van der Waals surface area contributed by atoms with E-state index in [1.807, 2.05) is 31.7 Å². The second-order valence-corrected chi connectivity index (χ2v) is 9.86. The van der Waals surface area contributed by atoms with Gasteiger partial charge in [0, 0.05) is 51.1 Å². The quantitative estimate of drug-likeness (QED) is 0.294. The molecule has 36 heavy (non-hydrogen) atoms. The number of aryl methyl sites for hydroxylation is 2. The molecule has 0 radical (unpaired) electrons. The Kier molecular flexibility index (Phi) is 8.44. The van der Waals surface area contributed by atoms with Crippen molar-refractivity contribution < 1.29 is 14.4 Å². The zero-order valence-electron chi connectivity index (χ0n) is 20.4. The van der Waals surface area contributed by atoms with E-state index in [1.165, 1.54) is 11.1 Å². The first-order valence-electron chi connectivity index (χ1n) is 11.5. The second-order valence-electron chi connectivity index (χ2n) is 8.44. The zero-order chi connectivity index (χ0) is 25.7. The van der Waals surface area contributed by atoms with Gasteiger partial charge >= 0.3 is 0 Å². The number of nitrogens with zero attached hydrogens (tertiary/aromatic N) is 7. The highest BCUT2D eigenvalue weighted by Crippen LogP contribution is 2.28. The number of hydrogen-bond donors (Lipinski definition) is 1. The van der Waals surface area contributed by atoms with Crippen LogP contribution in [0.15, 0.2) is 40.1 Å². The molecule has 0 amide bonds. The van der Waals surface area contributed by atoms with Crippen LogP contribution in [-0.2, 0) is 31.7 Å². The van der Waals surface area contributed by atoms with Crippen LogP contribution in [0.1, 0.15) is 16.9 Å². The molecule has 12 heteroatoms. The lowest BCUT2D eigenvalue weighted by Crippen LogP contribution is -2.28. The standard InChI is InChI=1S/C23H26ClN7OS.CH2O2/c1-15-12-20(28-32-15)18-5-4-16-6-8-31(9-7-17(16)13-18)10-11-33-23-27-26-22(29(23)2)19-14-25-30(3)21(19)24;2-1-3/h4-5,12-14H,6-11H2,1-3H3;1H,(H,2,3). The van der Waals surface area contributed by atoms with Crippen LogP contribution in [0.4, 0.5) is 0 Å². The van der Waals surface area contributed by atoms with E-state index >= 15 is 0 Å². The summed E-state index contributed by atoms with van der Waals surface area (Å²) in [5, 5.41) is 25.4. The van der Waals surface area contributed by atoms with Gasteiger partial charge in [-0.2, -0.15) is 5.10 Å². The van der Waals surface area contributed by atoms with Gasteiger partial charge in [0.1, 0.15) is 16.6 Å². The van der Waals surface area contributed by atoms with E-state index in [9.17, 15) is 0 Å². The Balaban J connectivity index is 0.000000967. The highest BCUT2D eigenvalue weighted by Gasteiger charge is 2.18. The number of fused-ring (bicyclic) bond motifs is 1. The Bertz CT molecular complexity index is 1330. The van der Waals surface area contributed by atoms with Crippen molar-refractivity contribution in [3.63, 3.8) is 0 Å². The molecule has 0 spiro atoms. The van der Waals surface area contributed by atoms with E-state index in [0.717, 1.165) is 71.8 Å². The smallest absolute Gasteiger partial charge is 0.290 e. The molecule has 0 bridgehead atoms. The van der Waals surface area contributed by atoms with E-state index in [0.29, 0.717) is 5.15 Å². The number of carbonyl (C=O) groups is 1. The van der Waals surface area contributed by atoms with Gasteiger partial charge in [-0.3, -0.25) is 9.48 Å². The lowest BCUT2D eigenvalue weighted by atomic mass is 9.99. The molecular weight excluding hydrogens is 502 g/mol. The minimum Gasteiger partial charge on any atom is -0.483 e. The maximum Gasteiger partial charge on any atom is 0.290 e. The van der Waals surface area contributed by atoms with Crippen molar-refractivity contribution in [3.05, 3.63) is 52.5 Å². The van der Waals surface area contributed by atoms with E-state index in [-0.39, 0.29) is 6.47 Å². The van der Waals surface area contributed by atoms with Crippen LogP contribution in [0, 0.1) is 6.92 Å². The molecule has 0 saturated heterocycles. The van der Waals surface area contributed by atoms with Gasteiger partial charge in [-0.25, -0.2) is 0 Å². The second kappa shape index (κ2) is 11.7. The Hall–Kier alpha value is -3.15. The van der Waals surface area contributed by atoms with Crippen molar-refractivity contribution >= 4 is 29.8 Å². The molecule has 0 fully saturated rings. The van der Waals surface area contributed by atoms with E-state index in [2.05, 4.69) is 43.6 Å². The third kappa shape index (κ3) is 5.80. The SMILES string of the molecule is Cc1cc(-c2ccc3c(c2)CCN(CCSc2nnc(-c4cnn(C)c4Cl)n2C)CC3)no1.O=CO. The molecule has 190 valence electrons. The number of rotatable bonds is 6. The summed E-state index contributed by atoms with van der Waals surface area (Å²) in [7, 11) is 3.78. The first kappa shape index (κ1) is 25.9. The molecular formula is C24H28ClN7O3S. The Morgan fingerprint density at radius 1 is 1.17 bits per heavy atom. The summed E-state index contributed by atoms with van der Waals surface area (Å²) in [4.78, 5) is 10.9. The highest BCUT2D eigenvalue weighted by atomic mass is 35.5. The Morgan fingerprint density at radius 3 is 2.58 bits per heavy atom. The molecule has 1 aromatic carbocycles. The minimum absolute atomic E-state index is 0.250. The Labute approximate surface area is 218 Å². The van der Waals surface area contributed by atoms with E-state index < -0.39 is 0 Å². The van der Waals surface area contributed by atoms with Crippen LogP contribution in [-0.4, -0.2) is 71.6 Å². The molecule has 1 N–H and O–H groups in total. The minimum atomic E-state index is -0.250. The van der Waals surface area contributed by atoms with Crippen LogP contribution in [0.3, 0.4) is 0 Å². The first-order chi connectivity index (χ1) is 17.4. The number of carboxylic acid groups (broad SMARTS) is 1. The fourth-order valence-corrected chi connectivity index (χ4v) is 5.26. The highest BCUT2D eigenvalue weighted by molar-refractivity contribution is 7.99. The van der Waals surface area contributed by atoms with Gasteiger partial charge in [-0.05, 0) is 37.0 Å². The maximum atomic E-state index is 8.36. The largest absolute Gasteiger partial charge is 0.483 e. The summed E-state index contributed by atoms with van der Waals surface area (Å²) in [6, 6.07) is 8.66. The lowest BCUT2D eigenvalue weighted by molar-refractivity contribution is -0.122. The molecule has 4 aromatic rings. The molecule has 1 aliphatic heterocycles. The van der Waals surface area contributed by atoms with E-state index in [4.69, 9.17) is 26.0 Å². The van der Waals surface area contributed by atoms with Crippen LogP contribution in [0.2, 0.25) is 5.15 Å². The van der Waals surface area contributed by atoms with Crippen LogP contribution in [0.25, 0.3) is 22.6 Å². The van der Waals surface area contributed by atoms with Gasteiger partial charge < -0.3 is 19.1 Å². The monoisotopic (exact) mass is 529 g/mol. The van der Waals surface area contributed by atoms with Gasteiger partial charge in [0.25, 0.3) is 6.47 Å². The molecule has 1 aliphatic rings. The van der Waals surface area contributed by atoms with Gasteiger partial charge in [0.05, 0.1) is 11.8 Å². The molecule has 3 aromatic heterocycles. The number of aromatic nitrogens is 6. The summed E-state index contributed by atoms with van der Waals surface area (Å²) < 4.78 is 8.86. The van der Waals surface area contributed by atoms with Crippen LogP contribution >= 0.6 is 23.4 Å². The number of hydrogen-bond acceptors (Lipinski definition) is 8. The van der Waals surface area contributed by atoms with Crippen LogP contribution in [0.5, 0.6) is 0 Å². The van der Waals surface area contributed by atoms with Crippen molar-refractivity contribution in [3.8, 4) is 22.6 Å². The van der Waals surface area contributed by atoms with Gasteiger partial charge in [0.15, 0.2) is 11.0 Å². The van der Waals surface area contributed by atoms with Crippen molar-refractivity contribution in [2.24, 2.45) is 14.1 Å². The van der Waals surface area contributed by atoms with Crippen molar-refractivity contribution in [2.45, 2.75) is 24.9 Å². The average molecular weight is 530 g/mol. The third-order valence-corrected chi connectivity index (χ3v) is 7.55. The predicted octanol–water partition coefficient (Wildman–Crippen LogP) is 3.73. The fourth-order valence-electron chi connectivity index (χ4n) is 4.17. The molecule has 0 atom stereocenters. The summed E-state index contributed by atoms with van der Waals surface area (Å²) in [6.07, 6.45) is 3.83. The Morgan fingerprint density at radius 2 is 1.92 bits per heavy atom. The van der Waals surface area contributed by atoms with Crippen LogP contribution < -0.4 is 0 Å². The maximum absolute atomic E-state index is 8.36. The predicted molar refractivity (Wildman–Crippen MR) is 138 cm³/mol. The number of benzene rings is 1.